The lowest BCUT2D eigenvalue weighted by Gasteiger charge is -2.20. The zero-order chi connectivity index (χ0) is 13.6. The monoisotopic (exact) mass is 257 g/mol. The van der Waals surface area contributed by atoms with Gasteiger partial charge in [-0.3, -0.25) is 4.79 Å². The molecule has 0 saturated heterocycles. The predicted octanol–water partition coefficient (Wildman–Crippen LogP) is 3.69. The highest BCUT2D eigenvalue weighted by molar-refractivity contribution is 5.98. The normalized spacial score (nSPS) is 18.5. The van der Waals surface area contributed by atoms with Crippen LogP contribution in [0.4, 0.5) is 4.39 Å². The van der Waals surface area contributed by atoms with E-state index >= 15 is 0 Å². The number of hydrogen-bond donors (Lipinski definition) is 0. The molecule has 1 aromatic carbocycles. The maximum Gasteiger partial charge on any atom is 0.164 e. The number of benzene rings is 1. The number of carbonyl (C=O) groups is 1. The number of aromatic nitrogens is 1. The fourth-order valence-electron chi connectivity index (χ4n) is 2.94. The van der Waals surface area contributed by atoms with E-state index in [-0.39, 0.29) is 11.6 Å². The first kappa shape index (κ1) is 12.2. The third-order valence-corrected chi connectivity index (χ3v) is 3.73. The Labute approximate surface area is 111 Å². The number of Topliss-reactive ketones (excluding diaryl/α,β-unsaturated/α-hetero) is 1. The van der Waals surface area contributed by atoms with Gasteiger partial charge in [0.2, 0.25) is 0 Å². The Morgan fingerprint density at radius 2 is 2.05 bits per heavy atom. The van der Waals surface area contributed by atoms with Gasteiger partial charge in [-0.25, -0.2) is 4.39 Å². The highest BCUT2D eigenvalue weighted by Gasteiger charge is 2.27. The van der Waals surface area contributed by atoms with E-state index in [4.69, 9.17) is 0 Å². The minimum atomic E-state index is -0.255. The van der Waals surface area contributed by atoms with Crippen LogP contribution < -0.4 is 0 Å². The standard InChI is InChI=1S/C16H16FNO/c1-10-6-15-14(16(19)7-10)8-11(2)18(15)13-5-3-4-12(17)9-13/h3-5,8-10H,6-7H2,1-2H3. The van der Waals surface area contributed by atoms with Crippen LogP contribution in [0, 0.1) is 18.7 Å². The van der Waals surface area contributed by atoms with Gasteiger partial charge in [0.1, 0.15) is 5.82 Å². The second-order valence-corrected chi connectivity index (χ2v) is 5.40. The number of ketones is 1. The summed E-state index contributed by atoms with van der Waals surface area (Å²) in [6.07, 6.45) is 1.48. The SMILES string of the molecule is Cc1cc2c(n1-c1cccc(F)c1)CC(C)CC2=O. The van der Waals surface area contributed by atoms with Gasteiger partial charge in [-0.15, -0.1) is 0 Å². The largest absolute Gasteiger partial charge is 0.317 e. The molecule has 1 atom stereocenters. The number of hydrogen-bond acceptors (Lipinski definition) is 1. The zero-order valence-corrected chi connectivity index (χ0v) is 11.1. The summed E-state index contributed by atoms with van der Waals surface area (Å²) < 4.78 is 15.4. The van der Waals surface area contributed by atoms with E-state index in [1.54, 1.807) is 6.07 Å². The predicted molar refractivity (Wildman–Crippen MR) is 72.3 cm³/mol. The molecule has 1 heterocycles. The summed E-state index contributed by atoms with van der Waals surface area (Å²) in [7, 11) is 0. The van der Waals surface area contributed by atoms with Gasteiger partial charge < -0.3 is 4.57 Å². The van der Waals surface area contributed by atoms with Crippen molar-refractivity contribution in [1.29, 1.82) is 0 Å². The molecule has 0 amide bonds. The second kappa shape index (κ2) is 4.34. The van der Waals surface area contributed by atoms with E-state index in [2.05, 4.69) is 6.92 Å². The van der Waals surface area contributed by atoms with E-state index < -0.39 is 0 Å². The molecule has 2 nitrogen and oxygen atoms in total. The van der Waals surface area contributed by atoms with Gasteiger partial charge in [0.25, 0.3) is 0 Å². The summed E-state index contributed by atoms with van der Waals surface area (Å²) >= 11 is 0. The third-order valence-electron chi connectivity index (χ3n) is 3.73. The van der Waals surface area contributed by atoms with Crippen molar-refractivity contribution in [2.45, 2.75) is 26.7 Å². The minimum Gasteiger partial charge on any atom is -0.317 e. The molecule has 19 heavy (non-hydrogen) atoms. The van der Waals surface area contributed by atoms with Gasteiger partial charge in [0, 0.05) is 29.1 Å². The summed E-state index contributed by atoms with van der Waals surface area (Å²) in [4.78, 5) is 12.1. The highest BCUT2D eigenvalue weighted by atomic mass is 19.1. The number of aryl methyl sites for hydroxylation is 1. The fourth-order valence-corrected chi connectivity index (χ4v) is 2.94. The van der Waals surface area contributed by atoms with Crippen LogP contribution in [0.15, 0.2) is 30.3 Å². The molecule has 0 bridgehead atoms. The number of carbonyl (C=O) groups excluding carboxylic acids is 1. The summed E-state index contributed by atoms with van der Waals surface area (Å²) in [5, 5.41) is 0. The molecule has 0 N–H and O–H groups in total. The first-order valence-corrected chi connectivity index (χ1v) is 6.56. The molecule has 0 fully saturated rings. The van der Waals surface area contributed by atoms with Gasteiger partial charge in [0.05, 0.1) is 0 Å². The summed E-state index contributed by atoms with van der Waals surface area (Å²) in [6, 6.07) is 8.44. The summed E-state index contributed by atoms with van der Waals surface area (Å²) in [5.74, 6) is 0.295. The molecular formula is C16H16FNO. The van der Waals surface area contributed by atoms with Gasteiger partial charge in [-0.1, -0.05) is 13.0 Å². The van der Waals surface area contributed by atoms with E-state index in [1.165, 1.54) is 12.1 Å². The molecule has 3 rings (SSSR count). The lowest BCUT2D eigenvalue weighted by atomic mass is 9.88. The first-order chi connectivity index (χ1) is 9.06. The van der Waals surface area contributed by atoms with Crippen LogP contribution in [-0.4, -0.2) is 10.4 Å². The van der Waals surface area contributed by atoms with E-state index in [9.17, 15) is 9.18 Å². The Bertz CT molecular complexity index is 657. The summed E-state index contributed by atoms with van der Waals surface area (Å²) in [6.45, 7) is 4.04. The van der Waals surface area contributed by atoms with Gasteiger partial charge >= 0.3 is 0 Å². The Kier molecular flexibility index (Phi) is 2.77. The second-order valence-electron chi connectivity index (χ2n) is 5.40. The summed E-state index contributed by atoms with van der Waals surface area (Å²) in [5.41, 5.74) is 3.60. The van der Waals surface area contributed by atoms with E-state index in [0.717, 1.165) is 29.1 Å². The van der Waals surface area contributed by atoms with Crippen molar-refractivity contribution in [3.8, 4) is 5.69 Å². The Balaban J connectivity index is 2.20. The van der Waals surface area contributed by atoms with E-state index in [0.29, 0.717) is 12.3 Å². The topological polar surface area (TPSA) is 22.0 Å². The smallest absolute Gasteiger partial charge is 0.164 e. The van der Waals surface area contributed by atoms with Crippen LogP contribution in [0.5, 0.6) is 0 Å². The van der Waals surface area contributed by atoms with Gasteiger partial charge in [-0.05, 0) is 43.5 Å². The average molecular weight is 257 g/mol. The number of nitrogens with zero attached hydrogens (tertiary/aromatic N) is 1. The van der Waals surface area contributed by atoms with Crippen molar-refractivity contribution in [2.24, 2.45) is 5.92 Å². The van der Waals surface area contributed by atoms with E-state index in [1.807, 2.05) is 23.6 Å². The molecule has 98 valence electrons. The number of rotatable bonds is 1. The molecule has 0 aliphatic heterocycles. The van der Waals surface area contributed by atoms with Crippen LogP contribution in [0.3, 0.4) is 0 Å². The van der Waals surface area contributed by atoms with Crippen molar-refractivity contribution in [3.05, 3.63) is 53.1 Å². The molecule has 2 aromatic rings. The van der Waals surface area contributed by atoms with Crippen LogP contribution in [0.25, 0.3) is 5.69 Å². The molecule has 1 unspecified atom stereocenters. The molecule has 0 saturated carbocycles. The Morgan fingerprint density at radius 1 is 1.26 bits per heavy atom. The fraction of sp³-hybridized carbons (Fsp3) is 0.312. The van der Waals surface area contributed by atoms with Crippen molar-refractivity contribution < 1.29 is 9.18 Å². The quantitative estimate of drug-likeness (QED) is 0.763. The van der Waals surface area contributed by atoms with Crippen LogP contribution in [0.2, 0.25) is 0 Å². The average Bonchev–Trinajstić information content (AvgIpc) is 2.66. The maximum absolute atomic E-state index is 13.4. The van der Waals surface area contributed by atoms with Crippen LogP contribution in [-0.2, 0) is 6.42 Å². The molecular weight excluding hydrogens is 241 g/mol. The van der Waals surface area contributed by atoms with Crippen LogP contribution in [0.1, 0.15) is 35.1 Å². The van der Waals surface area contributed by atoms with Crippen LogP contribution >= 0.6 is 0 Å². The van der Waals surface area contributed by atoms with Crippen molar-refractivity contribution in [2.75, 3.05) is 0 Å². The number of halogens is 1. The zero-order valence-electron chi connectivity index (χ0n) is 11.1. The Hall–Kier alpha value is -1.90. The highest BCUT2D eigenvalue weighted by Crippen LogP contribution is 2.30. The van der Waals surface area contributed by atoms with Crippen molar-refractivity contribution in [3.63, 3.8) is 0 Å². The molecule has 3 heteroatoms. The van der Waals surface area contributed by atoms with Crippen molar-refractivity contribution in [1.82, 2.24) is 4.57 Å². The molecule has 0 radical (unpaired) electrons. The van der Waals surface area contributed by atoms with Gasteiger partial charge in [0.15, 0.2) is 5.78 Å². The lowest BCUT2D eigenvalue weighted by molar-refractivity contribution is 0.0952. The Morgan fingerprint density at radius 3 is 2.79 bits per heavy atom. The first-order valence-electron chi connectivity index (χ1n) is 6.56. The third kappa shape index (κ3) is 1.99. The minimum absolute atomic E-state index is 0.201. The maximum atomic E-state index is 13.4. The molecule has 1 aliphatic rings. The van der Waals surface area contributed by atoms with Gasteiger partial charge in [-0.2, -0.15) is 0 Å². The molecule has 1 aromatic heterocycles. The lowest BCUT2D eigenvalue weighted by Crippen LogP contribution is -2.19. The van der Waals surface area contributed by atoms with Crippen molar-refractivity contribution >= 4 is 5.78 Å². The molecule has 0 spiro atoms. The molecule has 1 aliphatic carbocycles. The number of fused-ring (bicyclic) bond motifs is 1.